The van der Waals surface area contributed by atoms with Gasteiger partial charge in [0.25, 0.3) is 0 Å². The molecular formula is C26H25N3O3S. The second kappa shape index (κ2) is 10.8. The number of ether oxygens (including phenoxy) is 1. The molecular weight excluding hydrogens is 434 g/mol. The highest BCUT2D eigenvalue weighted by Crippen LogP contribution is 2.24. The highest BCUT2D eigenvalue weighted by atomic mass is 32.1. The van der Waals surface area contributed by atoms with Gasteiger partial charge < -0.3 is 15.2 Å². The van der Waals surface area contributed by atoms with Crippen molar-refractivity contribution in [2.45, 2.75) is 12.6 Å². The maximum atomic E-state index is 12.8. The Morgan fingerprint density at radius 2 is 1.70 bits per heavy atom. The number of nitrogens with one attached hydrogen (secondary N) is 1. The van der Waals surface area contributed by atoms with Crippen LogP contribution in [0.1, 0.15) is 5.56 Å². The summed E-state index contributed by atoms with van der Waals surface area (Å²) in [6.45, 7) is -0.00825. The quantitative estimate of drug-likeness (QED) is 0.421. The number of aliphatic hydroxyl groups is 1. The van der Waals surface area contributed by atoms with E-state index in [1.165, 1.54) is 11.3 Å². The Labute approximate surface area is 196 Å². The number of rotatable bonds is 8. The van der Waals surface area contributed by atoms with Gasteiger partial charge in [-0.2, -0.15) is 0 Å². The van der Waals surface area contributed by atoms with E-state index in [2.05, 4.69) is 10.3 Å². The van der Waals surface area contributed by atoms with Gasteiger partial charge in [0.05, 0.1) is 19.4 Å². The summed E-state index contributed by atoms with van der Waals surface area (Å²) >= 11 is 1.43. The molecule has 3 aromatic carbocycles. The third-order valence-corrected chi connectivity index (χ3v) is 6.00. The van der Waals surface area contributed by atoms with Gasteiger partial charge in [-0.05, 0) is 35.4 Å². The summed E-state index contributed by atoms with van der Waals surface area (Å²) in [5, 5.41) is 14.8. The molecule has 1 amide bonds. The number of carbonyl (C=O) groups excluding carboxylic acids is 1. The summed E-state index contributed by atoms with van der Waals surface area (Å²) in [5.74, 6) is 0.431. The molecule has 0 unspecified atom stereocenters. The van der Waals surface area contributed by atoms with Gasteiger partial charge in [0.1, 0.15) is 5.75 Å². The van der Waals surface area contributed by atoms with E-state index in [1.807, 2.05) is 94.9 Å². The van der Waals surface area contributed by atoms with Crippen molar-refractivity contribution >= 4 is 17.2 Å². The Kier molecular flexibility index (Phi) is 7.34. The monoisotopic (exact) mass is 459 g/mol. The number of carbonyl (C=O) groups is 1. The molecule has 0 saturated heterocycles. The van der Waals surface area contributed by atoms with Crippen molar-refractivity contribution in [3.8, 4) is 22.7 Å². The molecule has 1 atom stereocenters. The fourth-order valence-corrected chi connectivity index (χ4v) is 4.37. The van der Waals surface area contributed by atoms with E-state index in [-0.39, 0.29) is 12.5 Å². The van der Waals surface area contributed by atoms with Crippen molar-refractivity contribution in [3.05, 3.63) is 101 Å². The SMILES string of the molecule is COc1ccc(-n2c(-c3ccccc3)csc2=N[C@@H](CO)C(=O)NCc2ccccc2)cc1. The van der Waals surface area contributed by atoms with Gasteiger partial charge in [-0.1, -0.05) is 60.7 Å². The zero-order chi connectivity index (χ0) is 23.0. The first-order chi connectivity index (χ1) is 16.2. The molecule has 0 aliphatic heterocycles. The molecule has 0 radical (unpaired) electrons. The Morgan fingerprint density at radius 3 is 2.33 bits per heavy atom. The maximum Gasteiger partial charge on any atom is 0.247 e. The Morgan fingerprint density at radius 1 is 1.03 bits per heavy atom. The molecule has 0 bridgehead atoms. The lowest BCUT2D eigenvalue weighted by Crippen LogP contribution is -2.37. The normalized spacial score (nSPS) is 12.4. The minimum Gasteiger partial charge on any atom is -0.497 e. The van der Waals surface area contributed by atoms with Gasteiger partial charge in [-0.15, -0.1) is 11.3 Å². The van der Waals surface area contributed by atoms with Crippen molar-refractivity contribution in [1.82, 2.24) is 9.88 Å². The van der Waals surface area contributed by atoms with Gasteiger partial charge in [-0.25, -0.2) is 4.99 Å². The molecule has 0 saturated carbocycles. The Bertz CT molecular complexity index is 1250. The summed E-state index contributed by atoms with van der Waals surface area (Å²) in [4.78, 5) is 18.0. The first kappa shape index (κ1) is 22.5. The first-order valence-electron chi connectivity index (χ1n) is 10.6. The van der Waals surface area contributed by atoms with Gasteiger partial charge in [0.2, 0.25) is 5.91 Å². The van der Waals surface area contributed by atoms with Gasteiger partial charge >= 0.3 is 0 Å². The third kappa shape index (κ3) is 5.39. The van der Waals surface area contributed by atoms with E-state index in [9.17, 15) is 9.90 Å². The molecule has 1 aromatic heterocycles. The van der Waals surface area contributed by atoms with E-state index in [4.69, 9.17) is 4.74 Å². The van der Waals surface area contributed by atoms with Gasteiger partial charge in [-0.3, -0.25) is 9.36 Å². The van der Waals surface area contributed by atoms with E-state index in [0.29, 0.717) is 11.3 Å². The fourth-order valence-electron chi connectivity index (χ4n) is 3.41. The van der Waals surface area contributed by atoms with Gasteiger partial charge in [0.15, 0.2) is 10.8 Å². The van der Waals surface area contributed by atoms with Crippen molar-refractivity contribution in [1.29, 1.82) is 0 Å². The molecule has 0 aliphatic carbocycles. The van der Waals surface area contributed by atoms with E-state index in [0.717, 1.165) is 28.3 Å². The van der Waals surface area contributed by atoms with Crippen molar-refractivity contribution < 1.29 is 14.6 Å². The molecule has 2 N–H and O–H groups in total. The molecule has 4 rings (SSSR count). The molecule has 7 heteroatoms. The van der Waals surface area contributed by atoms with Crippen LogP contribution >= 0.6 is 11.3 Å². The predicted molar refractivity (Wildman–Crippen MR) is 130 cm³/mol. The van der Waals surface area contributed by atoms with Gasteiger partial charge in [0, 0.05) is 17.6 Å². The standard InChI is InChI=1S/C26H25N3O3S/c1-32-22-14-12-21(13-15-22)29-24(20-10-6-3-7-11-20)18-33-26(29)28-23(17-30)25(31)27-16-19-8-4-2-5-9-19/h2-15,18,23,30H,16-17H2,1H3,(H,27,31)/t23-/m0/s1. The van der Waals surface area contributed by atoms with Crippen LogP contribution < -0.4 is 14.9 Å². The number of methoxy groups -OCH3 is 1. The van der Waals surface area contributed by atoms with E-state index < -0.39 is 6.04 Å². The van der Waals surface area contributed by atoms with Crippen LogP contribution in [0, 0.1) is 0 Å². The second-order valence-electron chi connectivity index (χ2n) is 7.33. The number of amides is 1. The topological polar surface area (TPSA) is 75.8 Å². The summed E-state index contributed by atoms with van der Waals surface area (Å²) < 4.78 is 7.28. The molecule has 0 fully saturated rings. The number of hydrogen-bond donors (Lipinski definition) is 2. The average molecular weight is 460 g/mol. The van der Waals surface area contributed by atoms with Crippen LogP contribution in [0.5, 0.6) is 5.75 Å². The van der Waals surface area contributed by atoms with Crippen LogP contribution in [0.25, 0.3) is 16.9 Å². The maximum absolute atomic E-state index is 12.8. The van der Waals surface area contributed by atoms with Crippen LogP contribution in [0.4, 0.5) is 0 Å². The zero-order valence-electron chi connectivity index (χ0n) is 18.2. The summed E-state index contributed by atoms with van der Waals surface area (Å²) in [5.41, 5.74) is 3.85. The molecule has 33 heavy (non-hydrogen) atoms. The molecule has 1 heterocycles. The first-order valence-corrected chi connectivity index (χ1v) is 11.4. The Hall–Kier alpha value is -3.68. The number of benzene rings is 3. The average Bonchev–Trinajstić information content (AvgIpc) is 3.30. The highest BCUT2D eigenvalue weighted by Gasteiger charge is 2.18. The lowest BCUT2D eigenvalue weighted by atomic mass is 10.1. The second-order valence-corrected chi connectivity index (χ2v) is 8.17. The largest absolute Gasteiger partial charge is 0.497 e. The fraction of sp³-hybridized carbons (Fsp3) is 0.154. The number of aliphatic hydroxyl groups excluding tert-OH is 1. The van der Waals surface area contributed by atoms with Crippen LogP contribution in [-0.4, -0.2) is 35.3 Å². The van der Waals surface area contributed by atoms with Crippen LogP contribution in [0.2, 0.25) is 0 Å². The van der Waals surface area contributed by atoms with Crippen molar-refractivity contribution in [3.63, 3.8) is 0 Å². The highest BCUT2D eigenvalue weighted by molar-refractivity contribution is 7.07. The summed E-state index contributed by atoms with van der Waals surface area (Å²) in [7, 11) is 1.63. The van der Waals surface area contributed by atoms with Crippen LogP contribution in [-0.2, 0) is 11.3 Å². The summed E-state index contributed by atoms with van der Waals surface area (Å²) in [6, 6.07) is 26.4. The number of aromatic nitrogens is 1. The summed E-state index contributed by atoms with van der Waals surface area (Å²) in [6.07, 6.45) is 0. The molecule has 4 aromatic rings. The molecule has 168 valence electrons. The minimum atomic E-state index is -0.916. The van der Waals surface area contributed by atoms with E-state index >= 15 is 0 Å². The minimum absolute atomic E-state index is 0.322. The molecule has 6 nitrogen and oxygen atoms in total. The van der Waals surface area contributed by atoms with Crippen LogP contribution in [0.3, 0.4) is 0 Å². The number of nitrogens with zero attached hydrogens (tertiary/aromatic N) is 2. The molecule has 0 spiro atoms. The van der Waals surface area contributed by atoms with E-state index in [1.54, 1.807) is 7.11 Å². The van der Waals surface area contributed by atoms with Crippen molar-refractivity contribution in [2.24, 2.45) is 4.99 Å². The Balaban J connectivity index is 1.70. The molecule has 0 aliphatic rings. The lowest BCUT2D eigenvalue weighted by molar-refractivity contribution is -0.123. The number of thiazole rings is 1. The number of hydrogen-bond acceptors (Lipinski definition) is 5. The van der Waals surface area contributed by atoms with Crippen LogP contribution in [0.15, 0.2) is 95.3 Å². The lowest BCUT2D eigenvalue weighted by Gasteiger charge is -2.13. The predicted octanol–water partition coefficient (Wildman–Crippen LogP) is 3.79. The smallest absolute Gasteiger partial charge is 0.247 e. The zero-order valence-corrected chi connectivity index (χ0v) is 19.0. The van der Waals surface area contributed by atoms with Crippen molar-refractivity contribution in [2.75, 3.05) is 13.7 Å². The third-order valence-electron chi connectivity index (χ3n) is 5.16.